The van der Waals surface area contributed by atoms with E-state index in [9.17, 15) is 4.79 Å². The molecule has 0 spiro atoms. The van der Waals surface area contributed by atoms with Gasteiger partial charge in [0.05, 0.1) is 11.0 Å². The van der Waals surface area contributed by atoms with E-state index in [1.807, 2.05) is 18.2 Å². The lowest BCUT2D eigenvalue weighted by molar-refractivity contribution is -0.116. The second kappa shape index (κ2) is 7.13. The largest absolute Gasteiger partial charge is 0.352 e. The predicted octanol–water partition coefficient (Wildman–Crippen LogP) is 3.24. The molecule has 0 bridgehead atoms. The van der Waals surface area contributed by atoms with Gasteiger partial charge in [-0.3, -0.25) is 4.79 Å². The standard InChI is InChI=1S/C20H21N3O/c1-3-20(24)21-13-12-19-22-17-6-4-5-7-18(17)23(19)14-16-10-8-15(2)9-11-16/h3-11H,1,12-14H2,2H3,(H,21,24). The Labute approximate surface area is 141 Å². The number of carbonyl (C=O) groups is 1. The molecule has 4 nitrogen and oxygen atoms in total. The van der Waals surface area contributed by atoms with E-state index in [1.54, 1.807) is 0 Å². The molecule has 0 saturated carbocycles. The van der Waals surface area contributed by atoms with Gasteiger partial charge in [-0.25, -0.2) is 4.98 Å². The summed E-state index contributed by atoms with van der Waals surface area (Å²) in [7, 11) is 0. The normalized spacial score (nSPS) is 10.7. The smallest absolute Gasteiger partial charge is 0.243 e. The molecule has 1 heterocycles. The minimum absolute atomic E-state index is 0.156. The van der Waals surface area contributed by atoms with Crippen LogP contribution in [-0.4, -0.2) is 22.0 Å². The summed E-state index contributed by atoms with van der Waals surface area (Å²) in [6.07, 6.45) is 1.97. The number of hydrogen-bond donors (Lipinski definition) is 1. The summed E-state index contributed by atoms with van der Waals surface area (Å²) in [5, 5.41) is 2.81. The number of rotatable bonds is 6. The monoisotopic (exact) mass is 319 g/mol. The highest BCUT2D eigenvalue weighted by atomic mass is 16.1. The van der Waals surface area contributed by atoms with Gasteiger partial charge in [0, 0.05) is 19.5 Å². The molecule has 0 unspecified atom stereocenters. The van der Waals surface area contributed by atoms with Gasteiger partial charge in [0.25, 0.3) is 0 Å². The fourth-order valence-electron chi connectivity index (χ4n) is 2.74. The van der Waals surface area contributed by atoms with Crippen molar-refractivity contribution in [3.63, 3.8) is 0 Å². The number of nitrogens with one attached hydrogen (secondary N) is 1. The summed E-state index contributed by atoms with van der Waals surface area (Å²) < 4.78 is 2.22. The van der Waals surface area contributed by atoms with Crippen molar-refractivity contribution in [2.45, 2.75) is 19.9 Å². The van der Waals surface area contributed by atoms with Crippen molar-refractivity contribution in [1.82, 2.24) is 14.9 Å². The van der Waals surface area contributed by atoms with Crippen LogP contribution in [0.25, 0.3) is 11.0 Å². The maximum Gasteiger partial charge on any atom is 0.243 e. The Bertz CT molecular complexity index is 862. The molecule has 1 N–H and O–H groups in total. The minimum Gasteiger partial charge on any atom is -0.352 e. The zero-order chi connectivity index (χ0) is 16.9. The summed E-state index contributed by atoms with van der Waals surface area (Å²) in [5.74, 6) is 0.817. The molecule has 3 aromatic rings. The lowest BCUT2D eigenvalue weighted by atomic mass is 10.1. The van der Waals surface area contributed by atoms with Crippen LogP contribution in [0.2, 0.25) is 0 Å². The Morgan fingerprint density at radius 3 is 2.71 bits per heavy atom. The van der Waals surface area contributed by atoms with E-state index >= 15 is 0 Å². The molecule has 0 radical (unpaired) electrons. The highest BCUT2D eigenvalue weighted by Gasteiger charge is 2.11. The first-order valence-electron chi connectivity index (χ1n) is 8.07. The van der Waals surface area contributed by atoms with Crippen molar-refractivity contribution in [3.8, 4) is 0 Å². The lowest BCUT2D eigenvalue weighted by Crippen LogP contribution is -2.24. The number of imidazole rings is 1. The van der Waals surface area contributed by atoms with Crippen molar-refractivity contribution in [1.29, 1.82) is 0 Å². The Hall–Kier alpha value is -2.88. The Morgan fingerprint density at radius 2 is 1.96 bits per heavy atom. The molecular formula is C20H21N3O. The summed E-state index contributed by atoms with van der Waals surface area (Å²) >= 11 is 0. The van der Waals surface area contributed by atoms with Gasteiger partial charge in [0.15, 0.2) is 0 Å². The predicted molar refractivity (Wildman–Crippen MR) is 96.9 cm³/mol. The van der Waals surface area contributed by atoms with Gasteiger partial charge in [-0.1, -0.05) is 48.5 Å². The van der Waals surface area contributed by atoms with Gasteiger partial charge >= 0.3 is 0 Å². The summed E-state index contributed by atoms with van der Waals surface area (Å²) in [6, 6.07) is 16.7. The fraction of sp³-hybridized carbons (Fsp3) is 0.200. The number of aromatic nitrogens is 2. The molecule has 0 fully saturated rings. The van der Waals surface area contributed by atoms with E-state index in [0.717, 1.165) is 23.4 Å². The molecule has 24 heavy (non-hydrogen) atoms. The van der Waals surface area contributed by atoms with Crippen molar-refractivity contribution in [2.75, 3.05) is 6.54 Å². The number of aryl methyl sites for hydroxylation is 1. The average Bonchev–Trinajstić information content (AvgIpc) is 2.94. The molecule has 2 aromatic carbocycles. The second-order valence-electron chi connectivity index (χ2n) is 5.83. The number of carbonyl (C=O) groups excluding carboxylic acids is 1. The first-order chi connectivity index (χ1) is 11.7. The van der Waals surface area contributed by atoms with E-state index in [-0.39, 0.29) is 5.91 Å². The van der Waals surface area contributed by atoms with E-state index in [2.05, 4.69) is 53.7 Å². The second-order valence-corrected chi connectivity index (χ2v) is 5.83. The summed E-state index contributed by atoms with van der Waals surface area (Å²) in [6.45, 7) is 6.87. The molecule has 1 aromatic heterocycles. The maximum absolute atomic E-state index is 11.3. The summed E-state index contributed by atoms with van der Waals surface area (Å²) in [5.41, 5.74) is 4.58. The van der Waals surface area contributed by atoms with Crippen LogP contribution in [0.5, 0.6) is 0 Å². The van der Waals surface area contributed by atoms with Crippen LogP contribution in [0.4, 0.5) is 0 Å². The van der Waals surface area contributed by atoms with Gasteiger partial charge < -0.3 is 9.88 Å². The van der Waals surface area contributed by atoms with Crippen LogP contribution in [0.15, 0.2) is 61.2 Å². The molecule has 1 amide bonds. The molecule has 122 valence electrons. The number of nitrogens with zero attached hydrogens (tertiary/aromatic N) is 2. The van der Waals surface area contributed by atoms with Crippen molar-refractivity contribution in [2.24, 2.45) is 0 Å². The van der Waals surface area contributed by atoms with Crippen molar-refractivity contribution >= 4 is 16.9 Å². The highest BCUT2D eigenvalue weighted by molar-refractivity contribution is 5.86. The molecule has 4 heteroatoms. The van der Waals surface area contributed by atoms with Crippen LogP contribution in [0.3, 0.4) is 0 Å². The third kappa shape index (κ3) is 3.54. The first-order valence-corrected chi connectivity index (χ1v) is 8.07. The highest BCUT2D eigenvalue weighted by Crippen LogP contribution is 2.18. The zero-order valence-electron chi connectivity index (χ0n) is 13.8. The van der Waals surface area contributed by atoms with Crippen LogP contribution >= 0.6 is 0 Å². The minimum atomic E-state index is -0.156. The molecule has 3 rings (SSSR count). The Balaban J connectivity index is 1.88. The van der Waals surface area contributed by atoms with Gasteiger partial charge in [-0.15, -0.1) is 0 Å². The molecular weight excluding hydrogens is 298 g/mol. The van der Waals surface area contributed by atoms with Crippen molar-refractivity contribution in [3.05, 3.63) is 78.1 Å². The first kappa shape index (κ1) is 16.0. The maximum atomic E-state index is 11.3. The van der Waals surface area contributed by atoms with E-state index in [1.165, 1.54) is 17.2 Å². The number of amides is 1. The summed E-state index contributed by atoms with van der Waals surface area (Å²) in [4.78, 5) is 16.1. The number of benzene rings is 2. The van der Waals surface area contributed by atoms with Crippen LogP contribution < -0.4 is 5.32 Å². The van der Waals surface area contributed by atoms with Crippen LogP contribution in [0.1, 0.15) is 17.0 Å². The molecule has 0 aliphatic rings. The number of fused-ring (bicyclic) bond motifs is 1. The average molecular weight is 319 g/mol. The molecule has 0 aliphatic carbocycles. The van der Waals surface area contributed by atoms with E-state index in [0.29, 0.717) is 13.0 Å². The topological polar surface area (TPSA) is 46.9 Å². The van der Waals surface area contributed by atoms with Crippen LogP contribution in [-0.2, 0) is 17.8 Å². The van der Waals surface area contributed by atoms with Gasteiger partial charge in [-0.2, -0.15) is 0 Å². The van der Waals surface area contributed by atoms with Gasteiger partial charge in [-0.05, 0) is 30.7 Å². The third-order valence-electron chi connectivity index (χ3n) is 4.03. The quantitative estimate of drug-likeness (QED) is 0.709. The third-order valence-corrected chi connectivity index (χ3v) is 4.03. The van der Waals surface area contributed by atoms with Gasteiger partial charge in [0.1, 0.15) is 5.82 Å². The molecule has 0 aliphatic heterocycles. The van der Waals surface area contributed by atoms with Crippen LogP contribution in [0, 0.1) is 6.92 Å². The zero-order valence-corrected chi connectivity index (χ0v) is 13.8. The fourth-order valence-corrected chi connectivity index (χ4v) is 2.74. The van der Waals surface area contributed by atoms with E-state index in [4.69, 9.17) is 4.98 Å². The van der Waals surface area contributed by atoms with E-state index < -0.39 is 0 Å². The lowest BCUT2D eigenvalue weighted by Gasteiger charge is -2.10. The van der Waals surface area contributed by atoms with Crippen molar-refractivity contribution < 1.29 is 4.79 Å². The number of hydrogen-bond acceptors (Lipinski definition) is 2. The number of para-hydroxylation sites is 2. The molecule has 0 atom stereocenters. The van der Waals surface area contributed by atoms with Gasteiger partial charge in [0.2, 0.25) is 5.91 Å². The Kier molecular flexibility index (Phi) is 4.75. The molecule has 0 saturated heterocycles. The Morgan fingerprint density at radius 1 is 1.21 bits per heavy atom. The SMILES string of the molecule is C=CC(=O)NCCc1nc2ccccc2n1Cc1ccc(C)cc1.